The number of carbonyl (C=O) groups excluding carboxylic acids is 1. The highest BCUT2D eigenvalue weighted by Crippen LogP contribution is 2.25. The second-order valence-electron chi connectivity index (χ2n) is 6.51. The molecule has 0 unspecified atom stereocenters. The standard InChI is InChI=1S/C18H21FN2O4S2/c1-12-5-10-17(26-12)27(23,24)21-15-3-2-4-16(11-15)25-18(22)20-14-8-6-13(19)7-9-14/h5-10,15-16,21H,2-4,11H2,1H3,(H,20,22)/t15-,16+/m0/s1. The van der Waals surface area contributed by atoms with Gasteiger partial charge in [0.15, 0.2) is 0 Å². The van der Waals surface area contributed by atoms with E-state index in [4.69, 9.17) is 4.74 Å². The molecule has 1 saturated carbocycles. The summed E-state index contributed by atoms with van der Waals surface area (Å²) in [5.74, 6) is -0.391. The molecule has 146 valence electrons. The third-order valence-electron chi connectivity index (χ3n) is 4.29. The molecule has 1 fully saturated rings. The van der Waals surface area contributed by atoms with Gasteiger partial charge in [0.2, 0.25) is 10.0 Å². The zero-order chi connectivity index (χ0) is 19.4. The van der Waals surface area contributed by atoms with Gasteiger partial charge in [-0.15, -0.1) is 11.3 Å². The molecule has 2 atom stereocenters. The van der Waals surface area contributed by atoms with Crippen molar-refractivity contribution in [1.29, 1.82) is 0 Å². The molecule has 1 amide bonds. The predicted molar refractivity (Wildman–Crippen MR) is 102 cm³/mol. The second-order valence-corrected chi connectivity index (χ2v) is 9.74. The SMILES string of the molecule is Cc1ccc(S(=O)(=O)N[C@H]2CCC[C@@H](OC(=O)Nc3ccc(F)cc3)C2)s1. The number of benzene rings is 1. The molecule has 27 heavy (non-hydrogen) atoms. The lowest BCUT2D eigenvalue weighted by atomic mass is 9.94. The minimum absolute atomic E-state index is 0.283. The number of aryl methyl sites for hydroxylation is 1. The van der Waals surface area contributed by atoms with Gasteiger partial charge in [0.05, 0.1) is 0 Å². The smallest absolute Gasteiger partial charge is 0.411 e. The number of hydrogen-bond donors (Lipinski definition) is 2. The Bertz CT molecular complexity index is 896. The van der Waals surface area contributed by atoms with Gasteiger partial charge in [0, 0.05) is 23.0 Å². The fourth-order valence-corrected chi connectivity index (χ4v) is 5.61. The minimum atomic E-state index is -3.57. The maximum absolute atomic E-state index is 12.9. The van der Waals surface area contributed by atoms with Crippen molar-refractivity contribution in [2.45, 2.75) is 49.0 Å². The molecule has 0 saturated heterocycles. The minimum Gasteiger partial charge on any atom is -0.446 e. The fraction of sp³-hybridized carbons (Fsp3) is 0.389. The Kier molecular flexibility index (Phi) is 6.13. The lowest BCUT2D eigenvalue weighted by Gasteiger charge is -2.29. The summed E-state index contributed by atoms with van der Waals surface area (Å²) >= 11 is 1.22. The predicted octanol–water partition coefficient (Wildman–Crippen LogP) is 4.03. The number of thiophene rings is 1. The van der Waals surface area contributed by atoms with E-state index >= 15 is 0 Å². The van der Waals surface area contributed by atoms with Gasteiger partial charge in [0.25, 0.3) is 0 Å². The van der Waals surface area contributed by atoms with E-state index in [2.05, 4.69) is 10.0 Å². The summed E-state index contributed by atoms with van der Waals surface area (Å²) in [7, 11) is -3.57. The highest BCUT2D eigenvalue weighted by Gasteiger charge is 2.29. The molecule has 0 aliphatic heterocycles. The molecule has 6 nitrogen and oxygen atoms in total. The Hall–Kier alpha value is -1.97. The molecule has 2 aromatic rings. The first-order valence-electron chi connectivity index (χ1n) is 8.64. The molecule has 1 heterocycles. The van der Waals surface area contributed by atoms with Crippen molar-refractivity contribution in [3.63, 3.8) is 0 Å². The Morgan fingerprint density at radius 1 is 1.19 bits per heavy atom. The van der Waals surface area contributed by atoms with E-state index in [-0.39, 0.29) is 16.4 Å². The molecule has 0 radical (unpaired) electrons. The van der Waals surface area contributed by atoms with Crippen LogP contribution in [0.4, 0.5) is 14.9 Å². The summed E-state index contributed by atoms with van der Waals surface area (Å²) in [6.07, 6.45) is 1.53. The van der Waals surface area contributed by atoms with E-state index < -0.39 is 21.9 Å². The Balaban J connectivity index is 1.54. The van der Waals surface area contributed by atoms with Gasteiger partial charge in [0.1, 0.15) is 16.1 Å². The fourth-order valence-electron chi connectivity index (χ4n) is 3.02. The Morgan fingerprint density at radius 2 is 1.93 bits per heavy atom. The van der Waals surface area contributed by atoms with Crippen LogP contribution < -0.4 is 10.0 Å². The summed E-state index contributed by atoms with van der Waals surface area (Å²) < 4.78 is 46.2. The Morgan fingerprint density at radius 3 is 2.59 bits per heavy atom. The lowest BCUT2D eigenvalue weighted by molar-refractivity contribution is 0.0793. The van der Waals surface area contributed by atoms with Crippen LogP contribution in [0.2, 0.25) is 0 Å². The molecule has 1 aromatic carbocycles. The van der Waals surface area contributed by atoms with Crippen molar-refractivity contribution in [1.82, 2.24) is 4.72 Å². The van der Waals surface area contributed by atoms with Crippen LogP contribution >= 0.6 is 11.3 Å². The van der Waals surface area contributed by atoms with Crippen LogP contribution in [0.25, 0.3) is 0 Å². The molecular weight excluding hydrogens is 391 g/mol. The van der Waals surface area contributed by atoms with Gasteiger partial charge < -0.3 is 4.74 Å². The topological polar surface area (TPSA) is 84.5 Å². The number of nitrogens with one attached hydrogen (secondary N) is 2. The van der Waals surface area contributed by atoms with Crippen molar-refractivity contribution in [2.75, 3.05) is 5.32 Å². The van der Waals surface area contributed by atoms with Crippen LogP contribution in [-0.2, 0) is 14.8 Å². The first-order valence-corrected chi connectivity index (χ1v) is 10.9. The van der Waals surface area contributed by atoms with Gasteiger partial charge >= 0.3 is 6.09 Å². The van der Waals surface area contributed by atoms with Crippen LogP contribution in [0.1, 0.15) is 30.6 Å². The number of sulfonamides is 1. The maximum Gasteiger partial charge on any atom is 0.411 e. The van der Waals surface area contributed by atoms with Gasteiger partial charge in [-0.25, -0.2) is 22.3 Å². The van der Waals surface area contributed by atoms with Crippen molar-refractivity contribution in [2.24, 2.45) is 0 Å². The first kappa shape index (κ1) is 19.8. The van der Waals surface area contributed by atoms with E-state index in [1.54, 1.807) is 12.1 Å². The lowest BCUT2D eigenvalue weighted by Crippen LogP contribution is -2.41. The maximum atomic E-state index is 12.9. The molecule has 0 bridgehead atoms. The molecule has 0 spiro atoms. The van der Waals surface area contributed by atoms with Gasteiger partial charge in [-0.2, -0.15) is 0 Å². The average molecular weight is 413 g/mol. The van der Waals surface area contributed by atoms with E-state index in [9.17, 15) is 17.6 Å². The van der Waals surface area contributed by atoms with Crippen LogP contribution in [0, 0.1) is 12.7 Å². The summed E-state index contributed by atoms with van der Waals surface area (Å²) in [5.41, 5.74) is 0.433. The molecule has 1 aromatic heterocycles. The van der Waals surface area contributed by atoms with Crippen molar-refractivity contribution < 1.29 is 22.3 Å². The zero-order valence-corrected chi connectivity index (χ0v) is 16.4. The summed E-state index contributed by atoms with van der Waals surface area (Å²) in [6.45, 7) is 1.86. The van der Waals surface area contributed by atoms with E-state index in [0.717, 1.165) is 11.3 Å². The molecule has 2 N–H and O–H groups in total. The van der Waals surface area contributed by atoms with Crippen LogP contribution in [0.15, 0.2) is 40.6 Å². The van der Waals surface area contributed by atoms with Crippen LogP contribution in [0.5, 0.6) is 0 Å². The van der Waals surface area contributed by atoms with Crippen molar-refractivity contribution >= 4 is 33.1 Å². The molecule has 1 aliphatic rings. The number of anilines is 1. The van der Waals surface area contributed by atoms with Crippen LogP contribution in [-0.4, -0.2) is 26.7 Å². The number of carbonyl (C=O) groups is 1. The van der Waals surface area contributed by atoms with E-state index in [1.165, 1.54) is 35.6 Å². The molecule has 3 rings (SSSR count). The first-order chi connectivity index (χ1) is 12.8. The number of halogens is 1. The third kappa shape index (κ3) is 5.50. The highest BCUT2D eigenvalue weighted by molar-refractivity contribution is 7.91. The van der Waals surface area contributed by atoms with Gasteiger partial charge in [-0.05, 0) is 62.6 Å². The largest absolute Gasteiger partial charge is 0.446 e. The van der Waals surface area contributed by atoms with Crippen molar-refractivity contribution in [3.8, 4) is 0 Å². The number of ether oxygens (including phenoxy) is 1. The van der Waals surface area contributed by atoms with Gasteiger partial charge in [-0.3, -0.25) is 5.32 Å². The highest BCUT2D eigenvalue weighted by atomic mass is 32.2. The molecule has 9 heteroatoms. The average Bonchev–Trinajstić information content (AvgIpc) is 3.04. The Labute approximate surface area is 161 Å². The normalized spacial score (nSPS) is 20.2. The third-order valence-corrected chi connectivity index (χ3v) is 7.31. The van der Waals surface area contributed by atoms with Crippen LogP contribution in [0.3, 0.4) is 0 Å². The summed E-state index contributed by atoms with van der Waals surface area (Å²) in [6, 6.07) is 8.45. The monoisotopic (exact) mass is 412 g/mol. The van der Waals surface area contributed by atoms with E-state index in [1.807, 2.05) is 6.92 Å². The number of amides is 1. The second kappa shape index (κ2) is 8.37. The summed E-state index contributed by atoms with van der Waals surface area (Å²) in [4.78, 5) is 12.9. The van der Waals surface area contributed by atoms with Crippen molar-refractivity contribution in [3.05, 3.63) is 47.1 Å². The number of rotatable bonds is 5. The molecule has 1 aliphatic carbocycles. The molecular formula is C18H21FN2O4S2. The zero-order valence-electron chi connectivity index (χ0n) is 14.8. The number of hydrogen-bond acceptors (Lipinski definition) is 5. The summed E-state index contributed by atoms with van der Waals surface area (Å²) in [5, 5.41) is 2.54. The quantitative estimate of drug-likeness (QED) is 0.776. The van der Waals surface area contributed by atoms with Gasteiger partial charge in [-0.1, -0.05) is 0 Å². The van der Waals surface area contributed by atoms with E-state index in [0.29, 0.717) is 24.9 Å².